The lowest BCUT2D eigenvalue weighted by molar-refractivity contribution is -0.128. The Balaban J connectivity index is 1.56. The van der Waals surface area contributed by atoms with Gasteiger partial charge in [0.25, 0.3) is 0 Å². The summed E-state index contributed by atoms with van der Waals surface area (Å²) in [5, 5.41) is 9.74. The highest BCUT2D eigenvalue weighted by atomic mass is 32.2. The zero-order chi connectivity index (χ0) is 18.6. The number of thioether (sulfide) groups is 1. The van der Waals surface area contributed by atoms with Crippen LogP contribution in [0.2, 0.25) is 0 Å². The Bertz CT molecular complexity index is 768. The Hall–Kier alpha value is -2.02. The van der Waals surface area contributed by atoms with Crippen molar-refractivity contribution in [2.45, 2.75) is 50.2 Å². The summed E-state index contributed by atoms with van der Waals surface area (Å²) in [6, 6.07) is 10.7. The second-order valence-corrected chi connectivity index (χ2v) is 8.14. The normalized spacial score (nSPS) is 17.1. The molecule has 0 N–H and O–H groups in total. The minimum Gasteiger partial charge on any atom is -0.341 e. The van der Waals surface area contributed by atoms with Gasteiger partial charge < -0.3 is 9.80 Å². The van der Waals surface area contributed by atoms with Gasteiger partial charge in [-0.3, -0.25) is 9.36 Å². The van der Waals surface area contributed by atoms with Crippen LogP contribution in [0, 0.1) is 0 Å². The standard InChI is InChI=1S/C20H27N5OS/c1-2-24(16-11-12-16)18(26)15-27-20-22-21-19(23-13-7-4-8-14-23)25(20)17-9-5-3-6-10-17/h3,5-6,9-10,16H,2,4,7-8,11-15H2,1H3. The zero-order valence-electron chi connectivity index (χ0n) is 15.9. The van der Waals surface area contributed by atoms with Crippen LogP contribution >= 0.6 is 11.8 Å². The second-order valence-electron chi connectivity index (χ2n) is 7.20. The Morgan fingerprint density at radius 1 is 1.15 bits per heavy atom. The van der Waals surface area contributed by atoms with E-state index < -0.39 is 0 Å². The van der Waals surface area contributed by atoms with Crippen molar-refractivity contribution in [2.75, 3.05) is 30.3 Å². The predicted molar refractivity (Wildman–Crippen MR) is 109 cm³/mol. The molecule has 6 nitrogen and oxygen atoms in total. The average Bonchev–Trinajstić information content (AvgIpc) is 3.46. The summed E-state index contributed by atoms with van der Waals surface area (Å²) in [5.41, 5.74) is 1.05. The number of aromatic nitrogens is 3. The van der Waals surface area contributed by atoms with Crippen LogP contribution < -0.4 is 4.90 Å². The molecule has 0 bridgehead atoms. The highest BCUT2D eigenvalue weighted by molar-refractivity contribution is 7.99. The number of rotatable bonds is 7. The molecule has 4 rings (SSSR count). The molecule has 1 aliphatic carbocycles. The Morgan fingerprint density at radius 2 is 1.89 bits per heavy atom. The number of hydrogen-bond acceptors (Lipinski definition) is 5. The van der Waals surface area contributed by atoms with E-state index in [0.717, 1.165) is 49.3 Å². The van der Waals surface area contributed by atoms with Crippen molar-refractivity contribution in [2.24, 2.45) is 0 Å². The Labute approximate surface area is 164 Å². The van der Waals surface area contributed by atoms with Gasteiger partial charge in [0.1, 0.15) is 0 Å². The minimum absolute atomic E-state index is 0.201. The largest absolute Gasteiger partial charge is 0.341 e. The summed E-state index contributed by atoms with van der Waals surface area (Å²) in [6.07, 6.45) is 5.94. The number of para-hydroxylation sites is 1. The number of hydrogen-bond donors (Lipinski definition) is 0. The molecule has 1 aromatic heterocycles. The Morgan fingerprint density at radius 3 is 2.56 bits per heavy atom. The molecule has 144 valence electrons. The van der Waals surface area contributed by atoms with Crippen molar-refractivity contribution in [1.29, 1.82) is 0 Å². The van der Waals surface area contributed by atoms with E-state index in [9.17, 15) is 4.79 Å². The maximum absolute atomic E-state index is 12.6. The zero-order valence-corrected chi connectivity index (χ0v) is 16.7. The lowest BCUT2D eigenvalue weighted by atomic mass is 10.1. The maximum atomic E-state index is 12.6. The van der Waals surface area contributed by atoms with Crippen molar-refractivity contribution < 1.29 is 4.79 Å². The maximum Gasteiger partial charge on any atom is 0.233 e. The SMILES string of the molecule is CCN(C(=O)CSc1nnc(N2CCCCC2)n1-c1ccccc1)C1CC1. The van der Waals surface area contributed by atoms with E-state index in [-0.39, 0.29) is 5.91 Å². The van der Waals surface area contributed by atoms with Crippen LogP contribution in [0.3, 0.4) is 0 Å². The van der Waals surface area contributed by atoms with E-state index in [0.29, 0.717) is 11.8 Å². The third kappa shape index (κ3) is 4.13. The highest BCUT2D eigenvalue weighted by Crippen LogP contribution is 2.30. The van der Waals surface area contributed by atoms with E-state index in [1.807, 2.05) is 23.1 Å². The fourth-order valence-corrected chi connectivity index (χ4v) is 4.52. The first-order valence-corrected chi connectivity index (χ1v) is 10.9. The number of nitrogens with zero attached hydrogens (tertiary/aromatic N) is 5. The smallest absolute Gasteiger partial charge is 0.233 e. The van der Waals surface area contributed by atoms with Gasteiger partial charge in [-0.05, 0) is 51.2 Å². The molecule has 2 aliphatic rings. The number of amides is 1. The first-order chi connectivity index (χ1) is 13.3. The van der Waals surface area contributed by atoms with Gasteiger partial charge in [0, 0.05) is 25.7 Å². The van der Waals surface area contributed by atoms with E-state index >= 15 is 0 Å². The molecule has 0 spiro atoms. The number of carbonyl (C=O) groups is 1. The van der Waals surface area contributed by atoms with Gasteiger partial charge in [-0.1, -0.05) is 30.0 Å². The molecular weight excluding hydrogens is 358 g/mol. The molecule has 7 heteroatoms. The van der Waals surface area contributed by atoms with Gasteiger partial charge in [-0.15, -0.1) is 10.2 Å². The molecule has 1 aliphatic heterocycles. The van der Waals surface area contributed by atoms with Gasteiger partial charge in [0.2, 0.25) is 11.9 Å². The quantitative estimate of drug-likeness (QED) is 0.684. The molecule has 1 aromatic carbocycles. The van der Waals surface area contributed by atoms with Crippen LogP contribution in [0.4, 0.5) is 5.95 Å². The number of benzene rings is 1. The fraction of sp³-hybridized carbons (Fsp3) is 0.550. The van der Waals surface area contributed by atoms with Crippen LogP contribution in [-0.2, 0) is 4.79 Å². The van der Waals surface area contributed by atoms with E-state index in [1.54, 1.807) is 0 Å². The summed E-state index contributed by atoms with van der Waals surface area (Å²) in [6.45, 7) is 4.87. The second kappa shape index (κ2) is 8.33. The van der Waals surface area contributed by atoms with Crippen molar-refractivity contribution in [1.82, 2.24) is 19.7 Å². The molecule has 27 heavy (non-hydrogen) atoms. The molecule has 2 fully saturated rings. The van der Waals surface area contributed by atoms with E-state index in [2.05, 4.69) is 38.7 Å². The summed E-state index contributed by atoms with van der Waals surface area (Å²) in [5.74, 6) is 1.51. The van der Waals surface area contributed by atoms with Gasteiger partial charge in [0.05, 0.1) is 11.4 Å². The highest BCUT2D eigenvalue weighted by Gasteiger charge is 2.31. The lowest BCUT2D eigenvalue weighted by Gasteiger charge is -2.27. The van der Waals surface area contributed by atoms with Crippen molar-refractivity contribution in [3.05, 3.63) is 30.3 Å². The summed E-state index contributed by atoms with van der Waals surface area (Å²) in [7, 11) is 0. The minimum atomic E-state index is 0.201. The fourth-order valence-electron chi connectivity index (χ4n) is 3.69. The molecule has 2 aromatic rings. The van der Waals surface area contributed by atoms with Gasteiger partial charge in [-0.2, -0.15) is 0 Å². The topological polar surface area (TPSA) is 54.3 Å². The van der Waals surface area contributed by atoms with Gasteiger partial charge >= 0.3 is 0 Å². The van der Waals surface area contributed by atoms with Crippen LogP contribution in [0.25, 0.3) is 5.69 Å². The summed E-state index contributed by atoms with van der Waals surface area (Å²) < 4.78 is 2.11. The molecule has 0 unspecified atom stereocenters. The van der Waals surface area contributed by atoms with Crippen molar-refractivity contribution >= 4 is 23.6 Å². The third-order valence-corrected chi connectivity index (χ3v) is 6.16. The van der Waals surface area contributed by atoms with Crippen LogP contribution in [0.1, 0.15) is 39.0 Å². The molecule has 2 heterocycles. The summed E-state index contributed by atoms with van der Waals surface area (Å²) in [4.78, 5) is 16.9. The van der Waals surface area contributed by atoms with Gasteiger partial charge in [-0.25, -0.2) is 0 Å². The molecule has 1 saturated heterocycles. The van der Waals surface area contributed by atoms with E-state index in [4.69, 9.17) is 0 Å². The summed E-state index contributed by atoms with van der Waals surface area (Å²) >= 11 is 1.50. The third-order valence-electron chi connectivity index (χ3n) is 5.24. The first-order valence-electron chi connectivity index (χ1n) is 9.96. The van der Waals surface area contributed by atoms with E-state index in [1.165, 1.54) is 31.0 Å². The molecule has 1 saturated carbocycles. The van der Waals surface area contributed by atoms with Gasteiger partial charge in [0.15, 0.2) is 5.16 Å². The average molecular weight is 386 g/mol. The van der Waals surface area contributed by atoms with Crippen molar-refractivity contribution in [3.63, 3.8) is 0 Å². The first kappa shape index (κ1) is 18.3. The predicted octanol–water partition coefficient (Wildman–Crippen LogP) is 3.36. The number of anilines is 1. The molecular formula is C20H27N5OS. The van der Waals surface area contributed by atoms with Crippen LogP contribution in [-0.4, -0.2) is 57.0 Å². The van der Waals surface area contributed by atoms with Crippen LogP contribution in [0.15, 0.2) is 35.5 Å². The monoisotopic (exact) mass is 385 g/mol. The number of carbonyl (C=O) groups excluding carboxylic acids is 1. The Kier molecular flexibility index (Phi) is 5.66. The molecule has 1 amide bonds. The number of piperidine rings is 1. The lowest BCUT2D eigenvalue weighted by Crippen LogP contribution is -2.34. The molecule has 0 radical (unpaired) electrons. The molecule has 0 atom stereocenters. The van der Waals surface area contributed by atoms with Crippen LogP contribution in [0.5, 0.6) is 0 Å². The van der Waals surface area contributed by atoms with Crippen molar-refractivity contribution in [3.8, 4) is 5.69 Å².